The predicted molar refractivity (Wildman–Crippen MR) is 62.7 cm³/mol. The normalized spacial score (nSPS) is 10.3. The molecular formula is C10H10BrN3O. The van der Waals surface area contributed by atoms with E-state index in [4.69, 9.17) is 10.5 Å². The largest absolute Gasteiger partial charge is 0.496 e. The summed E-state index contributed by atoms with van der Waals surface area (Å²) in [4.78, 5) is 0. The molecule has 1 aromatic heterocycles. The van der Waals surface area contributed by atoms with Crippen molar-refractivity contribution in [3.63, 3.8) is 0 Å². The maximum Gasteiger partial charge on any atom is 0.133 e. The van der Waals surface area contributed by atoms with Gasteiger partial charge in [-0.2, -0.15) is 5.10 Å². The minimum atomic E-state index is 0.545. The molecule has 0 saturated heterocycles. The van der Waals surface area contributed by atoms with Gasteiger partial charge in [0.25, 0.3) is 0 Å². The Hall–Kier alpha value is -1.49. The molecule has 0 spiro atoms. The van der Waals surface area contributed by atoms with Crippen LogP contribution < -0.4 is 10.5 Å². The van der Waals surface area contributed by atoms with Crippen molar-refractivity contribution in [2.75, 3.05) is 12.8 Å². The fraction of sp³-hybridized carbons (Fsp3) is 0.100. The van der Waals surface area contributed by atoms with Gasteiger partial charge in [-0.1, -0.05) is 12.1 Å². The monoisotopic (exact) mass is 267 g/mol. The number of aromatic nitrogens is 2. The highest BCUT2D eigenvalue weighted by molar-refractivity contribution is 9.10. The van der Waals surface area contributed by atoms with Gasteiger partial charge >= 0.3 is 0 Å². The van der Waals surface area contributed by atoms with Crippen LogP contribution in [0.15, 0.2) is 28.9 Å². The molecule has 3 N–H and O–H groups in total. The summed E-state index contributed by atoms with van der Waals surface area (Å²) in [6.45, 7) is 0. The summed E-state index contributed by atoms with van der Waals surface area (Å²) in [5.41, 5.74) is 7.57. The van der Waals surface area contributed by atoms with Gasteiger partial charge in [-0.15, -0.1) is 0 Å². The zero-order chi connectivity index (χ0) is 10.8. The van der Waals surface area contributed by atoms with Crippen molar-refractivity contribution in [2.24, 2.45) is 0 Å². The second-order valence-electron chi connectivity index (χ2n) is 3.02. The number of anilines is 1. The van der Waals surface area contributed by atoms with Crippen LogP contribution in [0.25, 0.3) is 11.1 Å². The van der Waals surface area contributed by atoms with Crippen LogP contribution in [-0.4, -0.2) is 17.3 Å². The molecule has 0 aliphatic carbocycles. The third-order valence-corrected chi connectivity index (χ3v) is 2.96. The number of hydrogen-bond donors (Lipinski definition) is 2. The van der Waals surface area contributed by atoms with E-state index in [2.05, 4.69) is 26.1 Å². The lowest BCUT2D eigenvalue weighted by Gasteiger charge is -2.07. The Kier molecular flexibility index (Phi) is 2.64. The molecule has 2 aromatic rings. The molecule has 2 rings (SSSR count). The van der Waals surface area contributed by atoms with Gasteiger partial charge in [-0.3, -0.25) is 5.10 Å². The zero-order valence-corrected chi connectivity index (χ0v) is 9.71. The molecule has 0 saturated carbocycles. The van der Waals surface area contributed by atoms with Crippen LogP contribution in [0.2, 0.25) is 0 Å². The molecule has 5 heteroatoms. The van der Waals surface area contributed by atoms with E-state index in [9.17, 15) is 0 Å². The number of methoxy groups -OCH3 is 1. The molecule has 4 nitrogen and oxygen atoms in total. The van der Waals surface area contributed by atoms with E-state index in [1.54, 1.807) is 13.3 Å². The number of rotatable bonds is 2. The summed E-state index contributed by atoms with van der Waals surface area (Å²) < 4.78 is 6.08. The molecule has 1 aromatic carbocycles. The Morgan fingerprint density at radius 1 is 1.40 bits per heavy atom. The number of nitrogens with one attached hydrogen (secondary N) is 1. The Bertz CT molecular complexity index is 481. The van der Waals surface area contributed by atoms with E-state index in [0.717, 1.165) is 21.3 Å². The number of halogens is 1. The van der Waals surface area contributed by atoms with Gasteiger partial charge < -0.3 is 10.5 Å². The maximum atomic E-state index is 5.75. The van der Waals surface area contributed by atoms with Gasteiger partial charge in [0.05, 0.1) is 17.8 Å². The minimum Gasteiger partial charge on any atom is -0.496 e. The van der Waals surface area contributed by atoms with Gasteiger partial charge in [0.15, 0.2) is 0 Å². The molecule has 78 valence electrons. The summed E-state index contributed by atoms with van der Waals surface area (Å²) in [5.74, 6) is 1.32. The highest BCUT2D eigenvalue weighted by atomic mass is 79.9. The topological polar surface area (TPSA) is 63.9 Å². The predicted octanol–water partition coefficient (Wildman–Crippen LogP) is 2.43. The smallest absolute Gasteiger partial charge is 0.133 e. The standard InChI is InChI=1S/C10H10BrN3O/c1-15-8-4-2-3-6(9(8)11)7-5-13-14-10(7)12/h2-5H,1H3,(H3,12,13,14). The van der Waals surface area contributed by atoms with Crippen molar-refractivity contribution in [3.05, 3.63) is 28.9 Å². The van der Waals surface area contributed by atoms with Gasteiger partial charge in [-0.05, 0) is 22.0 Å². The van der Waals surface area contributed by atoms with Gasteiger partial charge in [-0.25, -0.2) is 0 Å². The van der Waals surface area contributed by atoms with Gasteiger partial charge in [0.2, 0.25) is 0 Å². The first-order valence-electron chi connectivity index (χ1n) is 4.35. The molecule has 1 heterocycles. The second kappa shape index (κ2) is 3.94. The molecular weight excluding hydrogens is 258 g/mol. The number of H-pyrrole nitrogens is 1. The molecule has 0 unspecified atom stereocenters. The quantitative estimate of drug-likeness (QED) is 0.879. The van der Waals surface area contributed by atoms with Gasteiger partial charge in [0.1, 0.15) is 11.6 Å². The van der Waals surface area contributed by atoms with E-state index >= 15 is 0 Å². The SMILES string of the molecule is COc1cccc(-c2cn[nH]c2N)c1Br. The van der Waals surface area contributed by atoms with Crippen LogP contribution in [0.4, 0.5) is 5.82 Å². The number of nitrogens with two attached hydrogens (primary N) is 1. The Labute approximate surface area is 95.6 Å². The van der Waals surface area contributed by atoms with Crippen molar-refractivity contribution in [3.8, 4) is 16.9 Å². The lowest BCUT2D eigenvalue weighted by atomic mass is 10.1. The molecule has 0 amide bonds. The third-order valence-electron chi connectivity index (χ3n) is 2.14. The number of nitrogen functional groups attached to an aromatic ring is 1. The molecule has 0 radical (unpaired) electrons. The van der Waals surface area contributed by atoms with Gasteiger partial charge in [0, 0.05) is 11.1 Å². The highest BCUT2D eigenvalue weighted by Crippen LogP contribution is 2.36. The lowest BCUT2D eigenvalue weighted by Crippen LogP contribution is -1.90. The summed E-state index contributed by atoms with van der Waals surface area (Å²) in [5, 5.41) is 6.58. The minimum absolute atomic E-state index is 0.545. The first-order chi connectivity index (χ1) is 7.24. The second-order valence-corrected chi connectivity index (χ2v) is 3.81. The fourth-order valence-corrected chi connectivity index (χ4v) is 2.03. The van der Waals surface area contributed by atoms with Crippen molar-refractivity contribution < 1.29 is 4.74 Å². The van der Waals surface area contributed by atoms with E-state index in [0.29, 0.717) is 5.82 Å². The summed E-state index contributed by atoms with van der Waals surface area (Å²) >= 11 is 3.47. The van der Waals surface area contributed by atoms with E-state index in [1.807, 2.05) is 18.2 Å². The summed E-state index contributed by atoms with van der Waals surface area (Å²) in [7, 11) is 1.63. The van der Waals surface area contributed by atoms with Crippen LogP contribution in [0.5, 0.6) is 5.75 Å². The average molecular weight is 268 g/mol. The van der Waals surface area contributed by atoms with Crippen molar-refractivity contribution >= 4 is 21.7 Å². The van der Waals surface area contributed by atoms with E-state index in [1.165, 1.54) is 0 Å². The molecule has 0 atom stereocenters. The number of aromatic amines is 1. The van der Waals surface area contributed by atoms with Crippen LogP contribution in [-0.2, 0) is 0 Å². The highest BCUT2D eigenvalue weighted by Gasteiger charge is 2.11. The van der Waals surface area contributed by atoms with Crippen LogP contribution in [0.1, 0.15) is 0 Å². The van der Waals surface area contributed by atoms with Crippen molar-refractivity contribution in [2.45, 2.75) is 0 Å². The molecule has 0 aliphatic heterocycles. The number of benzene rings is 1. The average Bonchev–Trinajstić information content (AvgIpc) is 2.65. The van der Waals surface area contributed by atoms with Crippen molar-refractivity contribution in [1.82, 2.24) is 10.2 Å². The third kappa shape index (κ3) is 1.70. The Morgan fingerprint density at radius 2 is 2.20 bits per heavy atom. The summed E-state index contributed by atoms with van der Waals surface area (Å²) in [6, 6.07) is 5.74. The molecule has 15 heavy (non-hydrogen) atoms. The molecule has 0 aliphatic rings. The van der Waals surface area contributed by atoms with Crippen LogP contribution >= 0.6 is 15.9 Å². The van der Waals surface area contributed by atoms with Crippen LogP contribution in [0.3, 0.4) is 0 Å². The first kappa shape index (κ1) is 10.0. The molecule has 0 bridgehead atoms. The fourth-order valence-electron chi connectivity index (χ4n) is 1.39. The number of hydrogen-bond acceptors (Lipinski definition) is 3. The Balaban J connectivity index is 2.59. The summed E-state index contributed by atoms with van der Waals surface area (Å²) in [6.07, 6.45) is 1.69. The number of ether oxygens (including phenoxy) is 1. The number of nitrogens with zero attached hydrogens (tertiary/aromatic N) is 1. The van der Waals surface area contributed by atoms with E-state index in [-0.39, 0.29) is 0 Å². The molecule has 0 fully saturated rings. The lowest BCUT2D eigenvalue weighted by molar-refractivity contribution is 0.412. The Morgan fingerprint density at radius 3 is 2.80 bits per heavy atom. The maximum absolute atomic E-state index is 5.75. The van der Waals surface area contributed by atoms with Crippen molar-refractivity contribution in [1.29, 1.82) is 0 Å². The zero-order valence-electron chi connectivity index (χ0n) is 8.12. The van der Waals surface area contributed by atoms with E-state index < -0.39 is 0 Å². The van der Waals surface area contributed by atoms with Crippen LogP contribution in [0, 0.1) is 0 Å². The first-order valence-corrected chi connectivity index (χ1v) is 5.15.